The minimum absolute atomic E-state index is 0.151. The first-order valence-corrected chi connectivity index (χ1v) is 6.13. The highest BCUT2D eigenvalue weighted by Gasteiger charge is 2.49. The number of nitrogens with zero attached hydrogens (tertiary/aromatic N) is 1. The molecule has 0 bridgehead atoms. The second kappa shape index (κ2) is 7.90. The van der Waals surface area contributed by atoms with E-state index in [1.54, 1.807) is 13.8 Å². The molecule has 1 heterocycles. The maximum atomic E-state index is 12.0. The van der Waals surface area contributed by atoms with E-state index in [1.807, 2.05) is 0 Å². The number of carbonyl (C=O) groups is 3. The summed E-state index contributed by atoms with van der Waals surface area (Å²) in [5, 5.41) is 0. The van der Waals surface area contributed by atoms with Gasteiger partial charge >= 0.3 is 36.4 Å². The summed E-state index contributed by atoms with van der Waals surface area (Å²) in [4.78, 5) is 33.3. The van der Waals surface area contributed by atoms with Gasteiger partial charge in [-0.15, -0.1) is 0 Å². The molecule has 6 nitrogen and oxygen atoms in total. The average Bonchev–Trinajstić information content (AvgIpc) is 2.79. The molecule has 0 N–H and O–H groups in total. The molecule has 0 aromatic rings. The molecular weight excluding hydrogens is 397 g/mol. The van der Waals surface area contributed by atoms with E-state index in [9.17, 15) is 53.9 Å². The number of alkyl halides is 9. The van der Waals surface area contributed by atoms with Gasteiger partial charge in [0.1, 0.15) is 5.71 Å². The van der Waals surface area contributed by atoms with Crippen molar-refractivity contribution in [1.82, 2.24) is 0 Å². The van der Waals surface area contributed by atoms with Crippen molar-refractivity contribution in [3.63, 3.8) is 0 Å². The highest BCUT2D eigenvalue weighted by Crippen LogP contribution is 2.28. The fourth-order valence-corrected chi connectivity index (χ4v) is 1.09. The molecule has 0 saturated carbocycles. The number of ether oxygens (including phenoxy) is 2. The van der Waals surface area contributed by atoms with E-state index in [0.29, 0.717) is 0 Å². The van der Waals surface area contributed by atoms with Crippen molar-refractivity contribution in [2.75, 3.05) is 0 Å². The Morgan fingerprint density at radius 2 is 1.35 bits per heavy atom. The molecule has 26 heavy (non-hydrogen) atoms. The minimum Gasteiger partial charge on any atom is -0.425 e. The van der Waals surface area contributed by atoms with Crippen LogP contribution in [-0.2, 0) is 23.9 Å². The Balaban J connectivity index is 0.000000481. The van der Waals surface area contributed by atoms with Crippen molar-refractivity contribution >= 4 is 23.6 Å². The van der Waals surface area contributed by atoms with Crippen LogP contribution in [0.3, 0.4) is 0 Å². The van der Waals surface area contributed by atoms with E-state index in [-0.39, 0.29) is 11.6 Å². The molecule has 0 aromatic heterocycles. The fourth-order valence-electron chi connectivity index (χ4n) is 1.09. The summed E-state index contributed by atoms with van der Waals surface area (Å²) in [7, 11) is 0. The summed E-state index contributed by atoms with van der Waals surface area (Å²) in [6.07, 6.45) is -18.2. The van der Waals surface area contributed by atoms with Crippen LogP contribution in [0, 0.1) is 5.92 Å². The molecule has 1 aliphatic rings. The van der Waals surface area contributed by atoms with E-state index in [2.05, 4.69) is 14.5 Å². The molecule has 1 aliphatic heterocycles. The van der Waals surface area contributed by atoms with Crippen molar-refractivity contribution in [2.45, 2.75) is 38.6 Å². The second-order valence-electron chi connectivity index (χ2n) is 4.64. The number of hydrogen-bond acceptors (Lipinski definition) is 6. The average molecular weight is 405 g/mol. The summed E-state index contributed by atoms with van der Waals surface area (Å²) < 4.78 is 110. The Hall–Kier alpha value is -2.35. The first-order chi connectivity index (χ1) is 11.4. The Bertz CT molecular complexity index is 564. The van der Waals surface area contributed by atoms with Crippen LogP contribution in [0.15, 0.2) is 4.99 Å². The molecule has 0 spiro atoms. The minimum atomic E-state index is -5.62. The van der Waals surface area contributed by atoms with Gasteiger partial charge in [-0.1, -0.05) is 13.8 Å². The maximum absolute atomic E-state index is 12.0. The number of esters is 3. The lowest BCUT2D eigenvalue weighted by molar-refractivity contribution is -0.221. The summed E-state index contributed by atoms with van der Waals surface area (Å²) in [5.41, 5.74) is -0.151. The van der Waals surface area contributed by atoms with Crippen molar-refractivity contribution in [2.24, 2.45) is 10.9 Å². The van der Waals surface area contributed by atoms with Crippen molar-refractivity contribution in [1.29, 1.82) is 0 Å². The lowest BCUT2D eigenvalue weighted by atomic mass is 10.1. The Morgan fingerprint density at radius 1 is 0.962 bits per heavy atom. The van der Waals surface area contributed by atoms with Crippen LogP contribution in [0.2, 0.25) is 0 Å². The maximum Gasteiger partial charge on any atom is 0.491 e. The molecule has 0 aromatic carbocycles. The quantitative estimate of drug-likeness (QED) is 0.381. The zero-order valence-corrected chi connectivity index (χ0v) is 12.5. The SMILES string of the molecule is CC(C)C1=NC(C(F)(F)F)OC1=O.O=C(OC(=O)C(F)(F)F)C(F)(F)F. The number of cyclic esters (lactones) is 1. The number of rotatable bonds is 1. The van der Waals surface area contributed by atoms with E-state index in [0.717, 1.165) is 0 Å². The fraction of sp³-hybridized carbons (Fsp3) is 0.636. The lowest BCUT2D eigenvalue weighted by Crippen LogP contribution is -2.34. The molecule has 0 aliphatic carbocycles. The topological polar surface area (TPSA) is 82.0 Å². The smallest absolute Gasteiger partial charge is 0.425 e. The Kier molecular flexibility index (Phi) is 7.19. The van der Waals surface area contributed by atoms with Gasteiger partial charge in [-0.2, -0.15) is 39.5 Å². The molecule has 0 fully saturated rings. The van der Waals surface area contributed by atoms with Crippen LogP contribution in [0.1, 0.15) is 13.8 Å². The van der Waals surface area contributed by atoms with Crippen LogP contribution in [-0.4, -0.2) is 48.4 Å². The Labute approximate surface area is 137 Å². The van der Waals surface area contributed by atoms with Crippen molar-refractivity contribution in [3.8, 4) is 0 Å². The predicted molar refractivity (Wildman–Crippen MR) is 61.4 cm³/mol. The molecular formula is C11H8F9NO5. The third-order valence-corrected chi connectivity index (χ3v) is 2.16. The van der Waals surface area contributed by atoms with Gasteiger partial charge in [0.25, 0.3) is 6.23 Å². The summed E-state index contributed by atoms with van der Waals surface area (Å²) in [6, 6.07) is 0. The summed E-state index contributed by atoms with van der Waals surface area (Å²) in [5.74, 6) is -7.72. The first-order valence-electron chi connectivity index (χ1n) is 6.13. The molecule has 0 radical (unpaired) electrons. The molecule has 1 rings (SSSR count). The van der Waals surface area contributed by atoms with Crippen molar-refractivity contribution in [3.05, 3.63) is 0 Å². The molecule has 15 heteroatoms. The second-order valence-corrected chi connectivity index (χ2v) is 4.64. The van der Waals surface area contributed by atoms with Crippen LogP contribution >= 0.6 is 0 Å². The zero-order chi connectivity index (χ0) is 21.1. The van der Waals surface area contributed by atoms with Gasteiger partial charge < -0.3 is 9.47 Å². The van der Waals surface area contributed by atoms with E-state index >= 15 is 0 Å². The molecule has 1 atom stereocenters. The Morgan fingerprint density at radius 3 is 1.54 bits per heavy atom. The van der Waals surface area contributed by atoms with Crippen LogP contribution in [0.5, 0.6) is 0 Å². The predicted octanol–water partition coefficient (Wildman–Crippen LogP) is 2.71. The first kappa shape index (κ1) is 23.7. The summed E-state index contributed by atoms with van der Waals surface area (Å²) in [6.45, 7) is 3.16. The highest BCUT2D eigenvalue weighted by atomic mass is 19.4. The van der Waals surface area contributed by atoms with Gasteiger partial charge in [0.05, 0.1) is 0 Å². The standard InChI is InChI=1S/C7H8F3NO2.C4F6O3/c1-3(2)4-5(12)13-6(11-4)7(8,9)10;5-3(6,7)1(11)13-2(12)4(8,9)10/h3,6H,1-2H3;. The van der Waals surface area contributed by atoms with Crippen LogP contribution in [0.25, 0.3) is 0 Å². The van der Waals surface area contributed by atoms with Crippen LogP contribution in [0.4, 0.5) is 39.5 Å². The van der Waals surface area contributed by atoms with Crippen molar-refractivity contribution < 1.29 is 63.4 Å². The van der Waals surface area contributed by atoms with Gasteiger partial charge in [0, 0.05) is 5.92 Å². The molecule has 0 saturated heterocycles. The van der Waals surface area contributed by atoms with Gasteiger partial charge in [-0.3, -0.25) is 0 Å². The van der Waals surface area contributed by atoms with Crippen LogP contribution < -0.4 is 0 Å². The largest absolute Gasteiger partial charge is 0.491 e. The normalized spacial score (nSPS) is 17.9. The molecule has 0 amide bonds. The highest BCUT2D eigenvalue weighted by molar-refractivity contribution is 6.38. The number of aliphatic imine (C=N–C) groups is 1. The third-order valence-electron chi connectivity index (χ3n) is 2.16. The zero-order valence-electron chi connectivity index (χ0n) is 12.5. The summed E-state index contributed by atoms with van der Waals surface area (Å²) >= 11 is 0. The van der Waals surface area contributed by atoms with E-state index < -0.39 is 42.7 Å². The lowest BCUT2D eigenvalue weighted by Gasteiger charge is -2.09. The van der Waals surface area contributed by atoms with E-state index in [4.69, 9.17) is 0 Å². The molecule has 1 unspecified atom stereocenters. The van der Waals surface area contributed by atoms with Gasteiger partial charge in [0.15, 0.2) is 0 Å². The molecule has 150 valence electrons. The van der Waals surface area contributed by atoms with E-state index in [1.165, 1.54) is 0 Å². The van der Waals surface area contributed by atoms with Gasteiger partial charge in [-0.05, 0) is 0 Å². The van der Waals surface area contributed by atoms with Gasteiger partial charge in [-0.25, -0.2) is 19.4 Å². The third kappa shape index (κ3) is 7.26. The monoisotopic (exact) mass is 405 g/mol. The van der Waals surface area contributed by atoms with Gasteiger partial charge in [0.2, 0.25) is 0 Å². The number of halogens is 9. The number of carbonyl (C=O) groups excluding carboxylic acids is 3. The number of hydrogen-bond donors (Lipinski definition) is 0.